The highest BCUT2D eigenvalue weighted by atomic mass is 32.1. The Hall–Kier alpha value is -2.15. The van der Waals surface area contributed by atoms with Gasteiger partial charge in [0.05, 0.1) is 10.8 Å². The lowest BCUT2D eigenvalue weighted by molar-refractivity contribution is -0.142. The molecule has 0 aliphatic carbocycles. The molecular weight excluding hydrogens is 304 g/mol. The van der Waals surface area contributed by atoms with Crippen LogP contribution in [0.5, 0.6) is 0 Å². The van der Waals surface area contributed by atoms with Crippen molar-refractivity contribution in [3.8, 4) is 10.6 Å². The molecular formula is C15H14N2O4S. The number of carbonyl (C=O) groups is 2. The van der Waals surface area contributed by atoms with Crippen LogP contribution in [0.4, 0.5) is 0 Å². The first-order chi connectivity index (χ1) is 10.7. The smallest absolute Gasteiger partial charge is 0.308 e. The van der Waals surface area contributed by atoms with Gasteiger partial charge in [0.2, 0.25) is 0 Å². The van der Waals surface area contributed by atoms with E-state index in [2.05, 4.69) is 4.98 Å². The SMILES string of the molecule is O=C(O)[C@@H]1C[C@H]2CC[C@@H]1N2C(=O)c1ncoc1-c1cccs1. The van der Waals surface area contributed by atoms with Crippen molar-refractivity contribution in [2.24, 2.45) is 5.92 Å². The Morgan fingerprint density at radius 1 is 1.41 bits per heavy atom. The molecule has 2 aromatic rings. The summed E-state index contributed by atoms with van der Waals surface area (Å²) in [6, 6.07) is 3.55. The van der Waals surface area contributed by atoms with Crippen molar-refractivity contribution in [2.75, 3.05) is 0 Å². The first kappa shape index (κ1) is 13.5. The van der Waals surface area contributed by atoms with E-state index in [1.807, 2.05) is 17.5 Å². The van der Waals surface area contributed by atoms with Crippen LogP contribution in [0.1, 0.15) is 29.8 Å². The lowest BCUT2D eigenvalue weighted by atomic mass is 9.89. The third kappa shape index (κ3) is 1.89. The third-order valence-electron chi connectivity index (χ3n) is 4.60. The van der Waals surface area contributed by atoms with Crippen LogP contribution in [-0.4, -0.2) is 39.0 Å². The number of nitrogens with zero attached hydrogens (tertiary/aromatic N) is 2. The number of fused-ring (bicyclic) bond motifs is 2. The molecule has 1 N–H and O–H groups in total. The number of aromatic nitrogens is 1. The number of hydrogen-bond donors (Lipinski definition) is 1. The summed E-state index contributed by atoms with van der Waals surface area (Å²) in [4.78, 5) is 30.8. The fourth-order valence-electron chi connectivity index (χ4n) is 3.67. The van der Waals surface area contributed by atoms with Gasteiger partial charge in [-0.2, -0.15) is 0 Å². The number of rotatable bonds is 3. The van der Waals surface area contributed by atoms with Crippen molar-refractivity contribution in [3.05, 3.63) is 29.6 Å². The number of hydrogen-bond acceptors (Lipinski definition) is 5. The topological polar surface area (TPSA) is 83.6 Å². The minimum atomic E-state index is -0.816. The summed E-state index contributed by atoms with van der Waals surface area (Å²) in [5.41, 5.74) is 0.283. The highest BCUT2D eigenvalue weighted by Crippen LogP contribution is 2.43. The number of oxazole rings is 1. The molecule has 4 rings (SSSR count). The van der Waals surface area contributed by atoms with Crippen LogP contribution >= 0.6 is 11.3 Å². The molecule has 4 heterocycles. The Labute approximate surface area is 130 Å². The molecule has 7 heteroatoms. The number of aliphatic carboxylic acids is 1. The maximum absolute atomic E-state index is 12.9. The predicted octanol–water partition coefficient (Wildman–Crippen LogP) is 2.48. The second-order valence-electron chi connectivity index (χ2n) is 5.70. The Kier molecular flexibility index (Phi) is 3.04. The molecule has 0 aromatic carbocycles. The molecule has 0 radical (unpaired) electrons. The van der Waals surface area contributed by atoms with Crippen molar-refractivity contribution < 1.29 is 19.1 Å². The highest BCUT2D eigenvalue weighted by Gasteiger charge is 2.52. The molecule has 2 aliphatic heterocycles. The lowest BCUT2D eigenvalue weighted by Gasteiger charge is -2.22. The summed E-state index contributed by atoms with van der Waals surface area (Å²) < 4.78 is 5.39. The van der Waals surface area contributed by atoms with E-state index < -0.39 is 11.9 Å². The zero-order chi connectivity index (χ0) is 15.3. The van der Waals surface area contributed by atoms with Crippen LogP contribution in [0.25, 0.3) is 10.6 Å². The molecule has 6 nitrogen and oxygen atoms in total. The molecule has 2 saturated heterocycles. The van der Waals surface area contributed by atoms with E-state index in [9.17, 15) is 14.7 Å². The number of amides is 1. The highest BCUT2D eigenvalue weighted by molar-refractivity contribution is 7.13. The molecule has 1 amide bonds. The standard InChI is InChI=1S/C15H14N2O4S/c18-14(12-13(21-7-16-12)11-2-1-5-22-11)17-8-3-4-10(17)9(6-8)15(19)20/h1-2,5,7-10H,3-4,6H2,(H,19,20)/t8-,9-,10+/m1/s1. The van der Waals surface area contributed by atoms with Gasteiger partial charge in [-0.3, -0.25) is 9.59 Å². The summed E-state index contributed by atoms with van der Waals surface area (Å²) in [5, 5.41) is 11.2. The first-order valence-corrected chi connectivity index (χ1v) is 8.07. The van der Waals surface area contributed by atoms with Crippen LogP contribution in [-0.2, 0) is 4.79 Å². The second-order valence-corrected chi connectivity index (χ2v) is 6.65. The van der Waals surface area contributed by atoms with Crippen molar-refractivity contribution >= 4 is 23.2 Å². The molecule has 0 saturated carbocycles. The minimum Gasteiger partial charge on any atom is -0.481 e. The fraction of sp³-hybridized carbons (Fsp3) is 0.400. The summed E-state index contributed by atoms with van der Waals surface area (Å²) in [7, 11) is 0. The van der Waals surface area contributed by atoms with Crippen molar-refractivity contribution in [3.63, 3.8) is 0 Å². The Bertz CT molecular complexity index is 724. The monoisotopic (exact) mass is 318 g/mol. The van der Waals surface area contributed by atoms with Crippen LogP contribution in [0.3, 0.4) is 0 Å². The van der Waals surface area contributed by atoms with Gasteiger partial charge in [0.1, 0.15) is 0 Å². The summed E-state index contributed by atoms with van der Waals surface area (Å²) >= 11 is 1.48. The lowest BCUT2D eigenvalue weighted by Crippen LogP contribution is -2.38. The largest absolute Gasteiger partial charge is 0.481 e. The number of thiophene rings is 1. The average molecular weight is 318 g/mol. The van der Waals surface area contributed by atoms with E-state index in [-0.39, 0.29) is 23.7 Å². The van der Waals surface area contributed by atoms with E-state index >= 15 is 0 Å². The van der Waals surface area contributed by atoms with Gasteiger partial charge in [-0.25, -0.2) is 4.98 Å². The van der Waals surface area contributed by atoms with Gasteiger partial charge in [0.25, 0.3) is 5.91 Å². The molecule has 2 aliphatic rings. The number of carboxylic acids is 1. The normalized spacial score (nSPS) is 26.5. The third-order valence-corrected chi connectivity index (χ3v) is 5.47. The van der Waals surface area contributed by atoms with Crippen LogP contribution < -0.4 is 0 Å². The number of carboxylic acid groups (broad SMARTS) is 1. The molecule has 3 atom stereocenters. The maximum atomic E-state index is 12.9. The summed E-state index contributed by atoms with van der Waals surface area (Å²) in [6.45, 7) is 0. The molecule has 2 bridgehead atoms. The summed E-state index contributed by atoms with van der Waals surface area (Å²) in [6.07, 6.45) is 3.43. The molecule has 22 heavy (non-hydrogen) atoms. The van der Waals surface area contributed by atoms with E-state index in [0.29, 0.717) is 12.2 Å². The molecule has 0 unspecified atom stereocenters. The zero-order valence-corrected chi connectivity index (χ0v) is 12.5. The Balaban J connectivity index is 1.67. The van der Waals surface area contributed by atoms with Crippen LogP contribution in [0, 0.1) is 5.92 Å². The first-order valence-electron chi connectivity index (χ1n) is 7.19. The summed E-state index contributed by atoms with van der Waals surface area (Å²) in [5.74, 6) is -1.02. The van der Waals surface area contributed by atoms with Gasteiger partial charge in [0, 0.05) is 12.1 Å². The maximum Gasteiger partial charge on any atom is 0.308 e. The molecule has 114 valence electrons. The van der Waals surface area contributed by atoms with Crippen molar-refractivity contribution in [1.29, 1.82) is 0 Å². The van der Waals surface area contributed by atoms with Crippen molar-refractivity contribution in [2.45, 2.75) is 31.3 Å². The number of carbonyl (C=O) groups excluding carboxylic acids is 1. The van der Waals surface area contributed by atoms with Gasteiger partial charge < -0.3 is 14.4 Å². The van der Waals surface area contributed by atoms with Gasteiger partial charge in [0.15, 0.2) is 17.8 Å². The van der Waals surface area contributed by atoms with Crippen LogP contribution in [0.2, 0.25) is 0 Å². The molecule has 0 spiro atoms. The van der Waals surface area contributed by atoms with E-state index in [0.717, 1.165) is 17.7 Å². The molecule has 2 aromatic heterocycles. The van der Waals surface area contributed by atoms with Gasteiger partial charge in [-0.1, -0.05) is 6.07 Å². The average Bonchev–Trinajstić information content (AvgIpc) is 3.27. The zero-order valence-electron chi connectivity index (χ0n) is 11.6. The van der Waals surface area contributed by atoms with Gasteiger partial charge in [-0.15, -0.1) is 11.3 Å². The Morgan fingerprint density at radius 2 is 2.27 bits per heavy atom. The van der Waals surface area contributed by atoms with E-state index in [1.165, 1.54) is 17.7 Å². The van der Waals surface area contributed by atoms with E-state index in [4.69, 9.17) is 4.42 Å². The second kappa shape index (κ2) is 4.95. The van der Waals surface area contributed by atoms with E-state index in [1.54, 1.807) is 4.90 Å². The Morgan fingerprint density at radius 3 is 2.95 bits per heavy atom. The predicted molar refractivity (Wildman–Crippen MR) is 78.5 cm³/mol. The van der Waals surface area contributed by atoms with Crippen LogP contribution in [0.15, 0.2) is 28.3 Å². The van der Waals surface area contributed by atoms with Crippen molar-refractivity contribution in [1.82, 2.24) is 9.88 Å². The van der Waals surface area contributed by atoms with Gasteiger partial charge >= 0.3 is 5.97 Å². The minimum absolute atomic E-state index is 0.00601. The quantitative estimate of drug-likeness (QED) is 0.940. The molecule has 2 fully saturated rings. The fourth-order valence-corrected chi connectivity index (χ4v) is 4.39. The van der Waals surface area contributed by atoms with Gasteiger partial charge in [-0.05, 0) is 30.7 Å².